The van der Waals surface area contributed by atoms with Crippen molar-refractivity contribution < 1.29 is 4.92 Å². The molecule has 1 fully saturated rings. The van der Waals surface area contributed by atoms with Crippen molar-refractivity contribution in [3.8, 4) is 0 Å². The van der Waals surface area contributed by atoms with Crippen molar-refractivity contribution in [2.75, 3.05) is 11.4 Å². The van der Waals surface area contributed by atoms with Crippen LogP contribution in [-0.2, 0) is 5.88 Å². The molecule has 110 valence electrons. The lowest BCUT2D eigenvalue weighted by molar-refractivity contribution is -0.385. The van der Waals surface area contributed by atoms with Gasteiger partial charge in [-0.1, -0.05) is 19.8 Å². The quantitative estimate of drug-likeness (QED) is 0.467. The van der Waals surface area contributed by atoms with Gasteiger partial charge >= 0.3 is 0 Å². The molecule has 1 aliphatic heterocycles. The minimum atomic E-state index is -0.360. The molecule has 0 spiro atoms. The van der Waals surface area contributed by atoms with E-state index in [9.17, 15) is 10.1 Å². The smallest absolute Gasteiger partial charge is 0.273 e. The van der Waals surface area contributed by atoms with Gasteiger partial charge < -0.3 is 4.90 Å². The monoisotopic (exact) mass is 296 g/mol. The van der Waals surface area contributed by atoms with Crippen LogP contribution >= 0.6 is 11.6 Å². The highest BCUT2D eigenvalue weighted by Crippen LogP contribution is 2.30. The predicted molar refractivity (Wildman–Crippen MR) is 82.5 cm³/mol. The van der Waals surface area contributed by atoms with E-state index in [2.05, 4.69) is 11.8 Å². The molecule has 1 saturated heterocycles. The number of benzene rings is 1. The predicted octanol–water partition coefficient (Wildman–Crippen LogP) is 4.49. The number of nitrogens with zero attached hydrogens (tertiary/aromatic N) is 2. The molecule has 1 heterocycles. The highest BCUT2D eigenvalue weighted by molar-refractivity contribution is 6.17. The molecule has 4 nitrogen and oxygen atoms in total. The Morgan fingerprint density at radius 3 is 2.85 bits per heavy atom. The third kappa shape index (κ3) is 3.23. The first kappa shape index (κ1) is 15.1. The van der Waals surface area contributed by atoms with Crippen LogP contribution in [0.1, 0.15) is 44.6 Å². The van der Waals surface area contributed by atoms with Crippen LogP contribution < -0.4 is 4.90 Å². The Hall–Kier alpha value is -1.29. The number of alkyl halides is 1. The fraction of sp³-hybridized carbons (Fsp3) is 0.600. The minimum Gasteiger partial charge on any atom is -0.369 e. The highest BCUT2D eigenvalue weighted by atomic mass is 35.5. The maximum absolute atomic E-state index is 11.0. The van der Waals surface area contributed by atoms with Crippen molar-refractivity contribution in [2.45, 2.75) is 50.9 Å². The van der Waals surface area contributed by atoms with E-state index in [-0.39, 0.29) is 16.5 Å². The molecule has 1 aromatic rings. The molecule has 5 heteroatoms. The first-order valence-electron chi connectivity index (χ1n) is 7.27. The summed E-state index contributed by atoms with van der Waals surface area (Å²) in [5, 5.41) is 11.0. The fourth-order valence-corrected chi connectivity index (χ4v) is 3.19. The van der Waals surface area contributed by atoms with Gasteiger partial charge in [-0.25, -0.2) is 0 Å². The number of halogens is 1. The molecular weight excluding hydrogens is 276 g/mol. The van der Waals surface area contributed by atoms with E-state index in [0.717, 1.165) is 18.7 Å². The molecule has 0 saturated carbocycles. The summed E-state index contributed by atoms with van der Waals surface area (Å²) in [6, 6.07) is 5.87. The van der Waals surface area contributed by atoms with Crippen molar-refractivity contribution >= 4 is 23.0 Å². The number of nitro benzene ring substituents is 1. The topological polar surface area (TPSA) is 46.4 Å². The maximum atomic E-state index is 11.0. The van der Waals surface area contributed by atoms with Crippen molar-refractivity contribution in [2.24, 2.45) is 0 Å². The van der Waals surface area contributed by atoms with E-state index in [1.165, 1.54) is 25.7 Å². The third-order valence-electron chi connectivity index (χ3n) is 4.08. The molecule has 0 bridgehead atoms. The summed E-state index contributed by atoms with van der Waals surface area (Å²) in [6.07, 6.45) is 6.02. The SMILES string of the molecule is CCC1CCCCCN1c1ccc([N+](=O)[O-])c(CCl)c1. The van der Waals surface area contributed by atoms with Crippen molar-refractivity contribution in [1.82, 2.24) is 0 Å². The molecule has 2 rings (SSSR count). The summed E-state index contributed by atoms with van der Waals surface area (Å²) in [5.41, 5.74) is 1.79. The molecule has 1 aromatic carbocycles. The molecule has 1 aliphatic rings. The van der Waals surface area contributed by atoms with Crippen LogP contribution in [0.5, 0.6) is 0 Å². The summed E-state index contributed by atoms with van der Waals surface area (Å²) in [4.78, 5) is 13.0. The van der Waals surface area contributed by atoms with Gasteiger partial charge in [-0.05, 0) is 31.4 Å². The third-order valence-corrected chi connectivity index (χ3v) is 4.37. The van der Waals surface area contributed by atoms with Crippen LogP contribution in [0.4, 0.5) is 11.4 Å². The Labute approximate surface area is 124 Å². The number of hydrogen-bond donors (Lipinski definition) is 0. The van der Waals surface area contributed by atoms with E-state index < -0.39 is 0 Å². The van der Waals surface area contributed by atoms with Gasteiger partial charge in [-0.2, -0.15) is 0 Å². The largest absolute Gasteiger partial charge is 0.369 e. The van der Waals surface area contributed by atoms with Crippen LogP contribution in [0.15, 0.2) is 18.2 Å². The summed E-state index contributed by atoms with van der Waals surface area (Å²) in [5.74, 6) is 0.175. The van der Waals surface area contributed by atoms with Crippen LogP contribution in [0, 0.1) is 10.1 Å². The number of rotatable bonds is 4. The molecular formula is C15H21ClN2O2. The Morgan fingerprint density at radius 1 is 1.40 bits per heavy atom. The average Bonchev–Trinajstić information content (AvgIpc) is 2.71. The van der Waals surface area contributed by atoms with Crippen molar-refractivity contribution in [1.29, 1.82) is 0 Å². The van der Waals surface area contributed by atoms with Crippen LogP contribution in [0.3, 0.4) is 0 Å². The van der Waals surface area contributed by atoms with E-state index in [1.807, 2.05) is 12.1 Å². The summed E-state index contributed by atoms with van der Waals surface area (Å²) < 4.78 is 0. The van der Waals surface area contributed by atoms with Crippen LogP contribution in [0.2, 0.25) is 0 Å². The zero-order valence-electron chi connectivity index (χ0n) is 11.8. The second kappa shape index (κ2) is 6.93. The molecule has 0 aromatic heterocycles. The van der Waals surface area contributed by atoms with Crippen LogP contribution in [-0.4, -0.2) is 17.5 Å². The van der Waals surface area contributed by atoms with Gasteiger partial charge in [0.05, 0.1) is 10.8 Å². The lowest BCUT2D eigenvalue weighted by Crippen LogP contribution is -2.34. The van der Waals surface area contributed by atoms with Crippen LogP contribution in [0.25, 0.3) is 0 Å². The molecule has 1 unspecified atom stereocenters. The van der Waals surface area contributed by atoms with Gasteiger partial charge in [-0.3, -0.25) is 10.1 Å². The molecule has 0 radical (unpaired) electrons. The van der Waals surface area contributed by atoms with Gasteiger partial charge in [0.15, 0.2) is 0 Å². The summed E-state index contributed by atoms with van der Waals surface area (Å²) in [7, 11) is 0. The normalized spacial score (nSPS) is 19.7. The standard InChI is InChI=1S/C15H21ClN2O2/c1-2-13-6-4-3-5-9-17(13)14-7-8-15(18(19)20)12(10-14)11-16/h7-8,10,13H,2-6,9,11H2,1H3. The average molecular weight is 297 g/mol. The molecule has 1 atom stereocenters. The second-order valence-electron chi connectivity index (χ2n) is 5.31. The zero-order chi connectivity index (χ0) is 14.5. The molecule has 0 N–H and O–H groups in total. The van der Waals surface area contributed by atoms with Gasteiger partial charge in [-0.15, -0.1) is 11.6 Å². The van der Waals surface area contributed by atoms with Crippen molar-refractivity contribution in [3.63, 3.8) is 0 Å². The Morgan fingerprint density at radius 2 is 2.20 bits per heavy atom. The Kier molecular flexibility index (Phi) is 5.24. The molecule has 20 heavy (non-hydrogen) atoms. The zero-order valence-corrected chi connectivity index (χ0v) is 12.6. The second-order valence-corrected chi connectivity index (χ2v) is 5.58. The van der Waals surface area contributed by atoms with Crippen molar-refractivity contribution in [3.05, 3.63) is 33.9 Å². The van der Waals surface area contributed by atoms with Gasteiger partial charge in [0, 0.05) is 29.9 Å². The molecule has 0 amide bonds. The first-order chi connectivity index (χ1) is 9.67. The highest BCUT2D eigenvalue weighted by Gasteiger charge is 2.22. The minimum absolute atomic E-state index is 0.117. The summed E-state index contributed by atoms with van der Waals surface area (Å²) >= 11 is 5.87. The van der Waals surface area contributed by atoms with E-state index in [4.69, 9.17) is 11.6 Å². The Bertz CT molecular complexity index is 479. The Balaban J connectivity index is 2.32. The van der Waals surface area contributed by atoms with Gasteiger partial charge in [0.1, 0.15) is 0 Å². The number of nitro groups is 1. The van der Waals surface area contributed by atoms with E-state index in [1.54, 1.807) is 6.07 Å². The number of anilines is 1. The first-order valence-corrected chi connectivity index (χ1v) is 7.80. The van der Waals surface area contributed by atoms with E-state index >= 15 is 0 Å². The molecule has 0 aliphatic carbocycles. The number of hydrogen-bond acceptors (Lipinski definition) is 3. The maximum Gasteiger partial charge on any atom is 0.273 e. The lowest BCUT2D eigenvalue weighted by Gasteiger charge is -2.31. The van der Waals surface area contributed by atoms with Gasteiger partial charge in [0.2, 0.25) is 0 Å². The van der Waals surface area contributed by atoms with Gasteiger partial charge in [0.25, 0.3) is 5.69 Å². The lowest BCUT2D eigenvalue weighted by atomic mass is 10.1. The summed E-state index contributed by atoms with van der Waals surface area (Å²) in [6.45, 7) is 3.23. The fourth-order valence-electron chi connectivity index (χ4n) is 2.98. The van der Waals surface area contributed by atoms with E-state index in [0.29, 0.717) is 11.6 Å².